The number of allylic oxidation sites excluding steroid dienone is 1. The number of rotatable bonds is 4. The van der Waals surface area contributed by atoms with Crippen molar-refractivity contribution in [3.8, 4) is 17.6 Å². The molecule has 5 heteroatoms. The van der Waals surface area contributed by atoms with E-state index in [1.54, 1.807) is 32.4 Å². The molecule has 0 radical (unpaired) electrons. The fourth-order valence-corrected chi connectivity index (χ4v) is 2.57. The van der Waals surface area contributed by atoms with E-state index >= 15 is 0 Å². The summed E-state index contributed by atoms with van der Waals surface area (Å²) in [6.45, 7) is 0. The van der Waals surface area contributed by atoms with Crippen molar-refractivity contribution in [2.24, 2.45) is 0 Å². The molecule has 0 aliphatic carbocycles. The second-order valence-electron chi connectivity index (χ2n) is 4.41. The summed E-state index contributed by atoms with van der Waals surface area (Å²) >= 11 is 8.38. The molecule has 22 heavy (non-hydrogen) atoms. The predicted molar refractivity (Wildman–Crippen MR) is 97.2 cm³/mol. The average molecular weight is 426 g/mol. The molecule has 0 atom stereocenters. The van der Waals surface area contributed by atoms with Crippen molar-refractivity contribution >= 4 is 45.8 Å². The minimum Gasteiger partial charge on any atom is -0.496 e. The van der Waals surface area contributed by atoms with Crippen molar-refractivity contribution in [1.82, 2.24) is 0 Å². The van der Waals surface area contributed by atoms with Gasteiger partial charge in [-0.25, -0.2) is 0 Å². The highest BCUT2D eigenvalue weighted by atomic mass is 127. The van der Waals surface area contributed by atoms with Crippen molar-refractivity contribution in [3.63, 3.8) is 0 Å². The fourth-order valence-electron chi connectivity index (χ4n) is 1.96. The Morgan fingerprint density at radius 2 is 1.77 bits per heavy atom. The van der Waals surface area contributed by atoms with Crippen LogP contribution in [-0.4, -0.2) is 14.2 Å². The molecule has 2 aromatic carbocycles. The molecule has 0 aliphatic rings. The number of nitriles is 1. The van der Waals surface area contributed by atoms with E-state index in [2.05, 4.69) is 28.7 Å². The van der Waals surface area contributed by atoms with E-state index in [1.807, 2.05) is 24.3 Å². The maximum atomic E-state index is 9.43. The Hall–Kier alpha value is -1.71. The van der Waals surface area contributed by atoms with Gasteiger partial charge in [0.05, 0.1) is 30.9 Å². The second kappa shape index (κ2) is 7.52. The van der Waals surface area contributed by atoms with Crippen LogP contribution in [0.1, 0.15) is 11.1 Å². The van der Waals surface area contributed by atoms with Crippen LogP contribution in [0.25, 0.3) is 11.6 Å². The van der Waals surface area contributed by atoms with E-state index < -0.39 is 0 Å². The Morgan fingerprint density at radius 1 is 1.14 bits per heavy atom. The molecule has 0 heterocycles. The topological polar surface area (TPSA) is 42.2 Å². The smallest absolute Gasteiger partial charge is 0.141 e. The van der Waals surface area contributed by atoms with Crippen LogP contribution in [0.2, 0.25) is 5.02 Å². The van der Waals surface area contributed by atoms with Gasteiger partial charge in [0.25, 0.3) is 0 Å². The van der Waals surface area contributed by atoms with Gasteiger partial charge < -0.3 is 9.47 Å². The van der Waals surface area contributed by atoms with Crippen LogP contribution in [-0.2, 0) is 0 Å². The zero-order valence-electron chi connectivity index (χ0n) is 12.1. The maximum absolute atomic E-state index is 9.43. The zero-order valence-corrected chi connectivity index (χ0v) is 15.0. The summed E-state index contributed by atoms with van der Waals surface area (Å²) in [5, 5.41) is 9.89. The molecule has 3 nitrogen and oxygen atoms in total. The molecule has 0 saturated heterocycles. The highest BCUT2D eigenvalue weighted by Crippen LogP contribution is 2.34. The van der Waals surface area contributed by atoms with Crippen LogP contribution in [0.3, 0.4) is 0 Å². The van der Waals surface area contributed by atoms with Crippen molar-refractivity contribution < 1.29 is 9.47 Å². The largest absolute Gasteiger partial charge is 0.496 e. The van der Waals surface area contributed by atoms with Gasteiger partial charge in [0, 0.05) is 15.2 Å². The first kappa shape index (κ1) is 16.7. The lowest BCUT2D eigenvalue weighted by Gasteiger charge is -2.10. The monoisotopic (exact) mass is 425 g/mol. The highest BCUT2D eigenvalue weighted by molar-refractivity contribution is 14.1. The Kier molecular flexibility index (Phi) is 5.69. The van der Waals surface area contributed by atoms with Gasteiger partial charge in [-0.05, 0) is 52.4 Å². The number of halogens is 2. The standard InChI is InChI=1S/C17H13ClINO2/c1-21-16-9-17(22-2)15(18)8-12(16)7-13(10-20)11-3-5-14(19)6-4-11/h3-9H,1-2H3/b13-7-. The Labute approximate surface area is 148 Å². The first-order chi connectivity index (χ1) is 10.6. The van der Waals surface area contributed by atoms with Crippen LogP contribution in [0.4, 0.5) is 0 Å². The number of benzene rings is 2. The molecule has 2 aromatic rings. The molecule has 0 aromatic heterocycles. The second-order valence-corrected chi connectivity index (χ2v) is 6.06. The third kappa shape index (κ3) is 3.73. The van der Waals surface area contributed by atoms with Gasteiger partial charge in [-0.3, -0.25) is 0 Å². The van der Waals surface area contributed by atoms with E-state index in [0.29, 0.717) is 22.1 Å². The summed E-state index contributed by atoms with van der Waals surface area (Å²) in [5.41, 5.74) is 2.11. The van der Waals surface area contributed by atoms with E-state index in [1.165, 1.54) is 0 Å². The van der Waals surface area contributed by atoms with E-state index in [0.717, 1.165) is 14.7 Å². The Bertz CT molecular complexity index is 748. The molecule has 0 spiro atoms. The van der Waals surface area contributed by atoms with Crippen LogP contribution in [0.15, 0.2) is 36.4 Å². The normalized spacial score (nSPS) is 11.0. The Morgan fingerprint density at radius 3 is 2.32 bits per heavy atom. The number of methoxy groups -OCH3 is 2. The molecule has 0 unspecified atom stereocenters. The maximum Gasteiger partial charge on any atom is 0.141 e. The molecule has 112 valence electrons. The van der Waals surface area contributed by atoms with Gasteiger partial charge in [0.1, 0.15) is 11.5 Å². The number of hydrogen-bond acceptors (Lipinski definition) is 3. The SMILES string of the molecule is COc1cc(OC)c(/C=C(/C#N)c2ccc(I)cc2)cc1Cl. The third-order valence-electron chi connectivity index (χ3n) is 3.08. The summed E-state index contributed by atoms with van der Waals surface area (Å²) in [7, 11) is 3.11. The number of nitrogens with zero attached hydrogens (tertiary/aromatic N) is 1. The van der Waals surface area contributed by atoms with Gasteiger partial charge in [0.15, 0.2) is 0 Å². The molecule has 0 saturated carbocycles. The first-order valence-electron chi connectivity index (χ1n) is 6.38. The number of ether oxygens (including phenoxy) is 2. The van der Waals surface area contributed by atoms with Gasteiger partial charge >= 0.3 is 0 Å². The summed E-state index contributed by atoms with van der Waals surface area (Å²) in [6, 6.07) is 13.4. The van der Waals surface area contributed by atoms with Crippen molar-refractivity contribution in [2.75, 3.05) is 14.2 Å². The number of hydrogen-bond donors (Lipinski definition) is 0. The van der Waals surface area contributed by atoms with E-state index in [-0.39, 0.29) is 0 Å². The molecule has 0 aliphatic heterocycles. The van der Waals surface area contributed by atoms with Crippen molar-refractivity contribution in [3.05, 3.63) is 56.1 Å². The average Bonchev–Trinajstić information content (AvgIpc) is 2.53. The molecular weight excluding hydrogens is 413 g/mol. The zero-order chi connectivity index (χ0) is 16.1. The first-order valence-corrected chi connectivity index (χ1v) is 7.84. The summed E-state index contributed by atoms with van der Waals surface area (Å²) < 4.78 is 11.6. The molecular formula is C17H13ClINO2. The van der Waals surface area contributed by atoms with Crippen LogP contribution in [0.5, 0.6) is 11.5 Å². The van der Waals surface area contributed by atoms with Crippen LogP contribution in [0, 0.1) is 14.9 Å². The minimum atomic E-state index is 0.467. The molecule has 0 bridgehead atoms. The van der Waals surface area contributed by atoms with Crippen LogP contribution >= 0.6 is 34.2 Å². The molecule has 0 N–H and O–H groups in total. The lowest BCUT2D eigenvalue weighted by atomic mass is 10.0. The van der Waals surface area contributed by atoms with Crippen LogP contribution < -0.4 is 9.47 Å². The summed E-state index contributed by atoms with van der Waals surface area (Å²) in [4.78, 5) is 0. The Balaban J connectivity index is 2.52. The minimum absolute atomic E-state index is 0.467. The van der Waals surface area contributed by atoms with Gasteiger partial charge in [-0.15, -0.1) is 0 Å². The van der Waals surface area contributed by atoms with Crippen molar-refractivity contribution in [2.45, 2.75) is 0 Å². The van der Waals surface area contributed by atoms with Gasteiger partial charge in [-0.2, -0.15) is 5.26 Å². The molecule has 0 fully saturated rings. The lowest BCUT2D eigenvalue weighted by molar-refractivity contribution is 0.394. The predicted octanol–water partition coefficient (Wildman–Crippen LogP) is 5.03. The third-order valence-corrected chi connectivity index (χ3v) is 4.09. The molecule has 2 rings (SSSR count). The fraction of sp³-hybridized carbons (Fsp3) is 0.118. The van der Waals surface area contributed by atoms with Gasteiger partial charge in [-0.1, -0.05) is 23.7 Å². The lowest BCUT2D eigenvalue weighted by Crippen LogP contribution is -1.92. The summed E-state index contributed by atoms with van der Waals surface area (Å²) in [6.07, 6.45) is 1.76. The molecule has 0 amide bonds. The van der Waals surface area contributed by atoms with Crippen molar-refractivity contribution in [1.29, 1.82) is 5.26 Å². The summed E-state index contributed by atoms with van der Waals surface area (Å²) in [5.74, 6) is 1.13. The van der Waals surface area contributed by atoms with E-state index in [4.69, 9.17) is 21.1 Å². The van der Waals surface area contributed by atoms with E-state index in [9.17, 15) is 5.26 Å². The quantitative estimate of drug-likeness (QED) is 0.392. The van der Waals surface area contributed by atoms with Gasteiger partial charge in [0.2, 0.25) is 0 Å². The highest BCUT2D eigenvalue weighted by Gasteiger charge is 2.10.